The molecule has 0 spiro atoms. The van der Waals surface area contributed by atoms with Crippen molar-refractivity contribution in [1.29, 1.82) is 0 Å². The van der Waals surface area contributed by atoms with Crippen LogP contribution in [0.2, 0.25) is 0 Å². The highest BCUT2D eigenvalue weighted by Gasteiger charge is 2.11. The Morgan fingerprint density at radius 1 is 1.47 bits per heavy atom. The van der Waals surface area contributed by atoms with Crippen molar-refractivity contribution in [2.45, 2.75) is 13.0 Å². The zero-order valence-electron chi connectivity index (χ0n) is 8.23. The molecular weight excluding hydrogens is 194 g/mol. The normalized spacial score (nSPS) is 12.7. The monoisotopic (exact) mass is 205 g/mol. The predicted molar refractivity (Wildman–Crippen MR) is 55.2 cm³/mol. The van der Waals surface area contributed by atoms with E-state index in [-0.39, 0.29) is 6.04 Å². The molecule has 0 aliphatic carbocycles. The van der Waals surface area contributed by atoms with E-state index in [2.05, 4.69) is 14.7 Å². The maximum absolute atomic E-state index is 10.8. The molecule has 1 aromatic carbocycles. The third-order valence-electron chi connectivity index (χ3n) is 2.15. The van der Waals surface area contributed by atoms with Gasteiger partial charge in [0, 0.05) is 11.6 Å². The number of hydrogen-bond acceptors (Lipinski definition) is 4. The van der Waals surface area contributed by atoms with Gasteiger partial charge in [0.05, 0.1) is 0 Å². The van der Waals surface area contributed by atoms with E-state index in [9.17, 15) is 4.79 Å². The first-order valence-corrected chi connectivity index (χ1v) is 4.59. The van der Waals surface area contributed by atoms with E-state index in [1.54, 1.807) is 0 Å². The van der Waals surface area contributed by atoms with Gasteiger partial charge in [0.2, 0.25) is 0 Å². The summed E-state index contributed by atoms with van der Waals surface area (Å²) in [6.07, 6.45) is 0. The predicted octanol–water partition coefficient (Wildman–Crippen LogP) is 1.05. The first-order valence-electron chi connectivity index (χ1n) is 4.59. The van der Waals surface area contributed by atoms with Crippen LogP contribution in [-0.2, 0) is 0 Å². The minimum atomic E-state index is -0.565. The first-order chi connectivity index (χ1) is 7.18. The summed E-state index contributed by atoms with van der Waals surface area (Å²) in [5.41, 5.74) is 7.52. The quantitative estimate of drug-likeness (QED) is 0.767. The number of nitrogens with zero attached hydrogens (tertiary/aromatic N) is 1. The zero-order chi connectivity index (χ0) is 10.8. The minimum absolute atomic E-state index is 0.124. The van der Waals surface area contributed by atoms with Crippen LogP contribution in [0.15, 0.2) is 33.6 Å². The van der Waals surface area contributed by atoms with Crippen LogP contribution >= 0.6 is 0 Å². The Kier molecular flexibility index (Phi) is 2.39. The molecule has 0 bridgehead atoms. The SMILES string of the molecule is CC(N)c1ccccc1-c1noc(=O)[nH]1. The highest BCUT2D eigenvalue weighted by molar-refractivity contribution is 5.60. The van der Waals surface area contributed by atoms with Gasteiger partial charge in [-0.15, -0.1) is 0 Å². The van der Waals surface area contributed by atoms with E-state index in [0.29, 0.717) is 5.82 Å². The van der Waals surface area contributed by atoms with Crippen LogP contribution in [0.3, 0.4) is 0 Å². The average molecular weight is 205 g/mol. The Morgan fingerprint density at radius 2 is 2.20 bits per heavy atom. The Bertz CT molecular complexity index is 513. The van der Waals surface area contributed by atoms with Crippen LogP contribution in [0, 0.1) is 0 Å². The summed E-state index contributed by atoms with van der Waals surface area (Å²) in [6.45, 7) is 1.87. The minimum Gasteiger partial charge on any atom is -0.324 e. The smallest absolute Gasteiger partial charge is 0.324 e. The van der Waals surface area contributed by atoms with Crippen molar-refractivity contribution in [3.8, 4) is 11.4 Å². The maximum Gasteiger partial charge on any atom is 0.439 e. The lowest BCUT2D eigenvalue weighted by Crippen LogP contribution is -2.07. The van der Waals surface area contributed by atoms with Crippen LogP contribution < -0.4 is 11.5 Å². The van der Waals surface area contributed by atoms with Crippen LogP contribution in [0.1, 0.15) is 18.5 Å². The Balaban J connectivity index is 2.57. The standard InChI is InChI=1S/C10H11N3O2/c1-6(11)7-4-2-3-5-8(7)9-12-10(14)15-13-9/h2-6H,11H2,1H3,(H,12,13,14). The van der Waals surface area contributed by atoms with Gasteiger partial charge in [-0.3, -0.25) is 9.51 Å². The molecule has 1 aromatic heterocycles. The van der Waals surface area contributed by atoms with Gasteiger partial charge < -0.3 is 5.73 Å². The molecule has 5 nitrogen and oxygen atoms in total. The summed E-state index contributed by atoms with van der Waals surface area (Å²) in [5.74, 6) is -0.155. The van der Waals surface area contributed by atoms with E-state index in [4.69, 9.17) is 5.73 Å². The molecule has 0 amide bonds. The molecule has 1 atom stereocenters. The molecule has 0 saturated carbocycles. The Morgan fingerprint density at radius 3 is 2.80 bits per heavy atom. The van der Waals surface area contributed by atoms with Gasteiger partial charge >= 0.3 is 5.76 Å². The van der Waals surface area contributed by atoms with Crippen molar-refractivity contribution in [3.63, 3.8) is 0 Å². The van der Waals surface area contributed by atoms with Gasteiger partial charge in [0.25, 0.3) is 0 Å². The largest absolute Gasteiger partial charge is 0.439 e. The summed E-state index contributed by atoms with van der Waals surface area (Å²) in [5, 5.41) is 3.63. The van der Waals surface area contributed by atoms with Crippen molar-refractivity contribution in [2.75, 3.05) is 0 Å². The molecule has 0 saturated heterocycles. The number of hydrogen-bond donors (Lipinski definition) is 2. The van der Waals surface area contributed by atoms with E-state index in [1.807, 2.05) is 31.2 Å². The van der Waals surface area contributed by atoms with Crippen molar-refractivity contribution >= 4 is 0 Å². The Hall–Kier alpha value is -1.88. The van der Waals surface area contributed by atoms with Gasteiger partial charge in [-0.2, -0.15) is 0 Å². The molecule has 1 unspecified atom stereocenters. The van der Waals surface area contributed by atoms with Crippen LogP contribution in [0.4, 0.5) is 0 Å². The van der Waals surface area contributed by atoms with Crippen molar-refractivity contribution in [1.82, 2.24) is 10.1 Å². The second kappa shape index (κ2) is 3.70. The lowest BCUT2D eigenvalue weighted by Gasteiger charge is -2.09. The molecule has 5 heteroatoms. The van der Waals surface area contributed by atoms with Gasteiger partial charge in [-0.1, -0.05) is 29.4 Å². The number of H-pyrrole nitrogens is 1. The molecular formula is C10H11N3O2. The number of nitrogens with one attached hydrogen (secondary N) is 1. The third-order valence-corrected chi connectivity index (χ3v) is 2.15. The van der Waals surface area contributed by atoms with E-state index in [0.717, 1.165) is 11.1 Å². The first kappa shape index (κ1) is 9.67. The summed E-state index contributed by atoms with van der Waals surface area (Å²) in [6, 6.07) is 7.36. The molecule has 2 aromatic rings. The van der Waals surface area contributed by atoms with Crippen molar-refractivity contribution < 1.29 is 4.52 Å². The summed E-state index contributed by atoms with van der Waals surface area (Å²) in [4.78, 5) is 13.3. The summed E-state index contributed by atoms with van der Waals surface area (Å²) >= 11 is 0. The fourth-order valence-electron chi connectivity index (χ4n) is 1.46. The average Bonchev–Trinajstić information content (AvgIpc) is 2.65. The number of benzene rings is 1. The maximum atomic E-state index is 10.8. The van der Waals surface area contributed by atoms with E-state index in [1.165, 1.54) is 0 Å². The van der Waals surface area contributed by atoms with Crippen LogP contribution in [-0.4, -0.2) is 10.1 Å². The number of aromatic amines is 1. The van der Waals surface area contributed by atoms with Crippen LogP contribution in [0.5, 0.6) is 0 Å². The molecule has 15 heavy (non-hydrogen) atoms. The van der Waals surface area contributed by atoms with Gasteiger partial charge in [-0.05, 0) is 12.5 Å². The highest BCUT2D eigenvalue weighted by Crippen LogP contribution is 2.23. The topological polar surface area (TPSA) is 84.9 Å². The molecule has 0 fully saturated rings. The molecule has 0 aliphatic heterocycles. The van der Waals surface area contributed by atoms with Gasteiger partial charge in [-0.25, -0.2) is 4.79 Å². The number of nitrogens with two attached hydrogens (primary N) is 1. The highest BCUT2D eigenvalue weighted by atomic mass is 16.5. The molecule has 78 valence electrons. The van der Waals surface area contributed by atoms with Gasteiger partial charge in [0.15, 0.2) is 5.82 Å². The molecule has 0 aliphatic rings. The summed E-state index contributed by atoms with van der Waals surface area (Å²) in [7, 11) is 0. The van der Waals surface area contributed by atoms with Crippen molar-refractivity contribution in [3.05, 3.63) is 40.4 Å². The lowest BCUT2D eigenvalue weighted by atomic mass is 10.0. The molecule has 1 heterocycles. The lowest BCUT2D eigenvalue weighted by molar-refractivity contribution is 0.388. The number of aromatic nitrogens is 2. The Labute approximate surface area is 85.9 Å². The van der Waals surface area contributed by atoms with E-state index >= 15 is 0 Å². The van der Waals surface area contributed by atoms with Gasteiger partial charge in [0.1, 0.15) is 0 Å². The third kappa shape index (κ3) is 1.82. The molecule has 3 N–H and O–H groups in total. The number of rotatable bonds is 2. The fourth-order valence-corrected chi connectivity index (χ4v) is 1.46. The summed E-state index contributed by atoms with van der Waals surface area (Å²) < 4.78 is 4.45. The van der Waals surface area contributed by atoms with Crippen LogP contribution in [0.25, 0.3) is 11.4 Å². The zero-order valence-corrected chi connectivity index (χ0v) is 8.23. The molecule has 0 radical (unpaired) electrons. The van der Waals surface area contributed by atoms with E-state index < -0.39 is 5.76 Å². The molecule has 2 rings (SSSR count). The fraction of sp³-hybridized carbons (Fsp3) is 0.200. The second-order valence-electron chi connectivity index (χ2n) is 3.32. The van der Waals surface area contributed by atoms with Crippen molar-refractivity contribution in [2.24, 2.45) is 5.73 Å². The second-order valence-corrected chi connectivity index (χ2v) is 3.32.